The van der Waals surface area contributed by atoms with Gasteiger partial charge in [0.05, 0.1) is 18.5 Å². The molecule has 0 atom stereocenters. The average molecular weight is 336 g/mol. The summed E-state index contributed by atoms with van der Waals surface area (Å²) >= 11 is 0. The molecule has 0 radical (unpaired) electrons. The summed E-state index contributed by atoms with van der Waals surface area (Å²) in [5.41, 5.74) is 2.19. The summed E-state index contributed by atoms with van der Waals surface area (Å²) < 4.78 is 5.14. The molecular weight excluding hydrogens is 316 g/mol. The Morgan fingerprint density at radius 2 is 1.76 bits per heavy atom. The first kappa shape index (κ1) is 16.9. The normalized spacial score (nSPS) is 10.6. The second-order valence-electron chi connectivity index (χ2n) is 5.56. The van der Waals surface area contributed by atoms with E-state index in [1.807, 2.05) is 60.7 Å². The van der Waals surface area contributed by atoms with Crippen LogP contribution in [-0.2, 0) is 11.3 Å². The fraction of sp³-hybridized carbons (Fsp3) is 0.211. The van der Waals surface area contributed by atoms with Crippen LogP contribution in [0.4, 0.5) is 0 Å². The van der Waals surface area contributed by atoms with Crippen LogP contribution in [0.5, 0.6) is 0 Å². The predicted molar refractivity (Wildman–Crippen MR) is 94.4 cm³/mol. The predicted octanol–water partition coefficient (Wildman–Crippen LogP) is 2.56. The van der Waals surface area contributed by atoms with Crippen LogP contribution in [-0.4, -0.2) is 46.1 Å². The van der Waals surface area contributed by atoms with E-state index in [2.05, 4.69) is 10.2 Å². The van der Waals surface area contributed by atoms with Gasteiger partial charge >= 0.3 is 0 Å². The number of aromatic nitrogens is 3. The van der Waals surface area contributed by atoms with Gasteiger partial charge in [0.25, 0.3) is 5.91 Å². The minimum Gasteiger partial charge on any atom is -0.383 e. The molecule has 6 nitrogen and oxygen atoms in total. The third-order valence-electron chi connectivity index (χ3n) is 3.77. The zero-order valence-corrected chi connectivity index (χ0v) is 14.1. The van der Waals surface area contributed by atoms with Gasteiger partial charge in [0, 0.05) is 20.2 Å². The molecule has 0 N–H and O–H groups in total. The number of nitrogens with zero attached hydrogens (tertiary/aromatic N) is 4. The topological polar surface area (TPSA) is 60.2 Å². The molecule has 3 rings (SSSR count). The molecule has 0 aliphatic heterocycles. The van der Waals surface area contributed by atoms with Crippen LogP contribution in [0.2, 0.25) is 0 Å². The number of rotatable bonds is 7. The highest BCUT2D eigenvalue weighted by Gasteiger charge is 2.19. The molecule has 0 bridgehead atoms. The van der Waals surface area contributed by atoms with Crippen LogP contribution in [0.1, 0.15) is 16.1 Å². The van der Waals surface area contributed by atoms with Gasteiger partial charge < -0.3 is 9.64 Å². The summed E-state index contributed by atoms with van der Waals surface area (Å²) in [5.74, 6) is -0.164. The molecule has 1 amide bonds. The Balaban J connectivity index is 1.78. The van der Waals surface area contributed by atoms with Gasteiger partial charge in [-0.15, -0.1) is 5.10 Å². The molecule has 0 spiro atoms. The Kier molecular flexibility index (Phi) is 5.53. The second-order valence-corrected chi connectivity index (χ2v) is 5.56. The van der Waals surface area contributed by atoms with E-state index >= 15 is 0 Å². The highest BCUT2D eigenvalue weighted by atomic mass is 16.5. The highest BCUT2D eigenvalue weighted by Crippen LogP contribution is 2.10. The van der Waals surface area contributed by atoms with Crippen molar-refractivity contribution in [3.8, 4) is 5.69 Å². The maximum atomic E-state index is 12.9. The van der Waals surface area contributed by atoms with E-state index in [9.17, 15) is 4.79 Å². The summed E-state index contributed by atoms with van der Waals surface area (Å²) in [6.45, 7) is 1.45. The molecule has 1 aromatic heterocycles. The molecule has 0 aliphatic carbocycles. The van der Waals surface area contributed by atoms with Crippen molar-refractivity contribution in [1.82, 2.24) is 19.9 Å². The lowest BCUT2D eigenvalue weighted by molar-refractivity contribution is 0.0674. The Morgan fingerprint density at radius 1 is 1.08 bits per heavy atom. The SMILES string of the molecule is COCCN(Cc1ccccc1)C(=O)c1cnn(-c2ccccc2)n1. The van der Waals surface area contributed by atoms with Crippen molar-refractivity contribution in [1.29, 1.82) is 0 Å². The van der Waals surface area contributed by atoms with Crippen molar-refractivity contribution in [2.24, 2.45) is 0 Å². The summed E-state index contributed by atoms with van der Waals surface area (Å²) in [4.78, 5) is 16.0. The molecule has 0 saturated carbocycles. The fourth-order valence-electron chi connectivity index (χ4n) is 2.47. The van der Waals surface area contributed by atoms with Gasteiger partial charge in [-0.25, -0.2) is 0 Å². The number of ether oxygens (including phenoxy) is 1. The molecule has 0 unspecified atom stereocenters. The fourth-order valence-corrected chi connectivity index (χ4v) is 2.47. The summed E-state index contributed by atoms with van der Waals surface area (Å²) in [5, 5.41) is 8.53. The molecule has 0 fully saturated rings. The maximum absolute atomic E-state index is 12.9. The first-order chi connectivity index (χ1) is 12.3. The monoisotopic (exact) mass is 336 g/mol. The molecule has 3 aromatic rings. The Morgan fingerprint density at radius 3 is 2.44 bits per heavy atom. The Labute approximate surface area is 146 Å². The molecule has 0 aliphatic rings. The Bertz CT molecular complexity index is 803. The highest BCUT2D eigenvalue weighted by molar-refractivity contribution is 5.91. The van der Waals surface area contributed by atoms with E-state index in [0.717, 1.165) is 11.3 Å². The number of benzene rings is 2. The first-order valence-electron chi connectivity index (χ1n) is 8.08. The van der Waals surface area contributed by atoms with E-state index in [-0.39, 0.29) is 5.91 Å². The van der Waals surface area contributed by atoms with E-state index in [1.54, 1.807) is 12.0 Å². The van der Waals surface area contributed by atoms with Crippen LogP contribution in [0.15, 0.2) is 66.9 Å². The van der Waals surface area contributed by atoms with Gasteiger partial charge in [0.2, 0.25) is 0 Å². The number of amides is 1. The molecule has 2 aromatic carbocycles. The molecule has 128 valence electrons. The van der Waals surface area contributed by atoms with Gasteiger partial charge in [-0.1, -0.05) is 48.5 Å². The van der Waals surface area contributed by atoms with Crippen molar-refractivity contribution in [2.75, 3.05) is 20.3 Å². The van der Waals surface area contributed by atoms with Gasteiger partial charge in [0.1, 0.15) is 0 Å². The second kappa shape index (κ2) is 8.21. The minimum absolute atomic E-state index is 0.164. The van der Waals surface area contributed by atoms with Crippen molar-refractivity contribution in [3.63, 3.8) is 0 Å². The molecule has 6 heteroatoms. The largest absolute Gasteiger partial charge is 0.383 e. The maximum Gasteiger partial charge on any atom is 0.276 e. The van der Waals surface area contributed by atoms with E-state index in [0.29, 0.717) is 25.4 Å². The lowest BCUT2D eigenvalue weighted by atomic mass is 10.2. The van der Waals surface area contributed by atoms with Gasteiger partial charge in [-0.3, -0.25) is 4.79 Å². The summed E-state index contributed by atoms with van der Waals surface area (Å²) in [6, 6.07) is 19.4. The number of carbonyl (C=O) groups is 1. The summed E-state index contributed by atoms with van der Waals surface area (Å²) in [7, 11) is 1.62. The van der Waals surface area contributed by atoms with Crippen LogP contribution < -0.4 is 0 Å². The van der Waals surface area contributed by atoms with Gasteiger partial charge in [0.15, 0.2) is 5.69 Å². The van der Waals surface area contributed by atoms with Crippen molar-refractivity contribution < 1.29 is 9.53 Å². The van der Waals surface area contributed by atoms with Crippen LogP contribution in [0.25, 0.3) is 5.69 Å². The minimum atomic E-state index is -0.164. The van der Waals surface area contributed by atoms with E-state index < -0.39 is 0 Å². The number of hydrogen-bond donors (Lipinski definition) is 0. The lowest BCUT2D eigenvalue weighted by Gasteiger charge is -2.21. The smallest absolute Gasteiger partial charge is 0.276 e. The van der Waals surface area contributed by atoms with E-state index in [1.165, 1.54) is 11.0 Å². The zero-order valence-electron chi connectivity index (χ0n) is 14.1. The van der Waals surface area contributed by atoms with Crippen molar-refractivity contribution in [2.45, 2.75) is 6.54 Å². The van der Waals surface area contributed by atoms with Crippen molar-refractivity contribution in [3.05, 3.63) is 78.1 Å². The molecule has 1 heterocycles. The van der Waals surface area contributed by atoms with Crippen LogP contribution >= 0.6 is 0 Å². The third-order valence-corrected chi connectivity index (χ3v) is 3.77. The quantitative estimate of drug-likeness (QED) is 0.665. The molecular formula is C19H20N4O2. The van der Waals surface area contributed by atoms with Crippen LogP contribution in [0.3, 0.4) is 0 Å². The van der Waals surface area contributed by atoms with E-state index in [4.69, 9.17) is 4.74 Å². The number of methoxy groups -OCH3 is 1. The van der Waals surface area contributed by atoms with Gasteiger partial charge in [-0.2, -0.15) is 9.90 Å². The Hall–Kier alpha value is -2.99. The zero-order chi connectivity index (χ0) is 17.5. The average Bonchev–Trinajstić information content (AvgIpc) is 3.16. The molecule has 25 heavy (non-hydrogen) atoms. The number of hydrogen-bond acceptors (Lipinski definition) is 4. The number of para-hydroxylation sites is 1. The number of carbonyl (C=O) groups excluding carboxylic acids is 1. The van der Waals surface area contributed by atoms with Crippen molar-refractivity contribution >= 4 is 5.91 Å². The first-order valence-corrected chi connectivity index (χ1v) is 8.08. The lowest BCUT2D eigenvalue weighted by Crippen LogP contribution is -2.33. The third kappa shape index (κ3) is 4.30. The standard InChI is InChI=1S/C19H20N4O2/c1-25-13-12-22(15-16-8-4-2-5-9-16)19(24)18-14-20-23(21-18)17-10-6-3-7-11-17/h2-11,14H,12-13,15H2,1H3. The van der Waals surface area contributed by atoms with Gasteiger partial charge in [-0.05, 0) is 17.7 Å². The molecule has 0 saturated heterocycles. The summed E-state index contributed by atoms with van der Waals surface area (Å²) in [6.07, 6.45) is 1.50. The van der Waals surface area contributed by atoms with Crippen LogP contribution in [0, 0.1) is 0 Å².